The third-order valence-corrected chi connectivity index (χ3v) is 6.00. The molecule has 0 N–H and O–H groups in total. The van der Waals surface area contributed by atoms with Gasteiger partial charge in [0.25, 0.3) is 0 Å². The zero-order valence-corrected chi connectivity index (χ0v) is 18.1. The minimum absolute atomic E-state index is 0.720. The monoisotopic (exact) mass is 410 g/mol. The highest BCUT2D eigenvalue weighted by Crippen LogP contribution is 2.41. The predicted octanol–water partition coefficient (Wildman–Crippen LogP) is 5.73. The molecule has 0 aliphatic carbocycles. The van der Waals surface area contributed by atoms with Crippen LogP contribution in [-0.2, 0) is 0 Å². The van der Waals surface area contributed by atoms with Gasteiger partial charge in [-0.25, -0.2) is 0 Å². The molecule has 0 unspecified atom stereocenters. The summed E-state index contributed by atoms with van der Waals surface area (Å²) in [4.78, 5) is 0. The fourth-order valence-electron chi connectivity index (χ4n) is 4.45. The van der Waals surface area contributed by atoms with E-state index in [9.17, 15) is 0 Å². The maximum Gasteiger partial charge on any atom is 0.227 e. The van der Waals surface area contributed by atoms with Gasteiger partial charge in [-0.3, -0.25) is 0 Å². The van der Waals surface area contributed by atoms with Crippen LogP contribution in [0, 0.1) is 6.92 Å². The van der Waals surface area contributed by atoms with Crippen LogP contribution in [0.15, 0.2) is 72.9 Å². The van der Waals surface area contributed by atoms with Crippen LogP contribution in [0.2, 0.25) is 0 Å². The summed E-state index contributed by atoms with van der Waals surface area (Å²) in [6, 6.07) is 23.0. The zero-order valence-electron chi connectivity index (χ0n) is 18.1. The van der Waals surface area contributed by atoms with Gasteiger partial charge in [-0.15, -0.1) is 0 Å². The smallest absolute Gasteiger partial charge is 0.227 e. The molecule has 0 atom stereocenters. The number of nitrogens with zero attached hydrogens (tertiary/aromatic N) is 1. The topological polar surface area (TPSA) is 31.8 Å². The molecule has 0 aliphatic heterocycles. The summed E-state index contributed by atoms with van der Waals surface area (Å²) in [5.74, 6) is 2.29. The van der Waals surface area contributed by atoms with E-state index in [0.717, 1.165) is 55.7 Å². The fraction of sp³-hybridized carbons (Fsp3) is 0.148. The Bertz CT molecular complexity index is 1440. The van der Waals surface area contributed by atoms with Crippen molar-refractivity contribution in [1.29, 1.82) is 0 Å². The number of ether oxygens (including phenoxy) is 3. The Labute approximate surface area is 181 Å². The summed E-state index contributed by atoms with van der Waals surface area (Å²) < 4.78 is 19.0. The second kappa shape index (κ2) is 7.47. The standard InChI is InChI=1S/C27H24NO3/c1-17-22-15-24(30-3)25(31-4)16-23(22)26(18-8-6-5-7-9-18)27-21-11-10-20(29-2)14-19(21)12-13-28(17)27/h5-16H,1-4H3/q+1. The highest BCUT2D eigenvalue weighted by molar-refractivity contribution is 6.11. The highest BCUT2D eigenvalue weighted by Gasteiger charge is 2.24. The Morgan fingerprint density at radius 1 is 0.677 bits per heavy atom. The molecule has 2 heterocycles. The first-order valence-electron chi connectivity index (χ1n) is 10.2. The van der Waals surface area contributed by atoms with Gasteiger partial charge >= 0.3 is 0 Å². The van der Waals surface area contributed by atoms with Crippen molar-refractivity contribution in [1.82, 2.24) is 0 Å². The Morgan fingerprint density at radius 3 is 2.06 bits per heavy atom. The average molecular weight is 410 g/mol. The average Bonchev–Trinajstić information content (AvgIpc) is 2.83. The molecule has 5 rings (SSSR count). The lowest BCUT2D eigenvalue weighted by Gasteiger charge is -2.15. The fourth-order valence-corrected chi connectivity index (χ4v) is 4.45. The lowest BCUT2D eigenvalue weighted by molar-refractivity contribution is -0.516. The maximum atomic E-state index is 5.66. The molecule has 0 amide bonds. The molecule has 0 aliphatic rings. The minimum atomic E-state index is 0.720. The molecule has 0 spiro atoms. The normalized spacial score (nSPS) is 11.2. The van der Waals surface area contributed by atoms with Gasteiger partial charge in [0.15, 0.2) is 23.4 Å². The van der Waals surface area contributed by atoms with Crippen molar-refractivity contribution in [3.05, 3.63) is 78.6 Å². The predicted molar refractivity (Wildman–Crippen MR) is 124 cm³/mol. The van der Waals surface area contributed by atoms with Crippen molar-refractivity contribution in [3.8, 4) is 28.4 Å². The highest BCUT2D eigenvalue weighted by atomic mass is 16.5. The molecular formula is C27H24NO3+. The van der Waals surface area contributed by atoms with E-state index in [0.29, 0.717) is 0 Å². The number of aryl methyl sites for hydroxylation is 1. The van der Waals surface area contributed by atoms with Gasteiger partial charge in [0.2, 0.25) is 5.52 Å². The SMILES string of the molecule is COc1ccc2c(cc[n+]3c(C)c4cc(OC)c(OC)cc4c(-c4ccccc4)c23)c1. The molecule has 4 nitrogen and oxygen atoms in total. The van der Waals surface area contributed by atoms with Gasteiger partial charge in [0.05, 0.1) is 37.7 Å². The first-order chi connectivity index (χ1) is 15.2. The quantitative estimate of drug-likeness (QED) is 0.215. The van der Waals surface area contributed by atoms with Crippen molar-refractivity contribution >= 4 is 27.1 Å². The molecule has 31 heavy (non-hydrogen) atoms. The van der Waals surface area contributed by atoms with Crippen LogP contribution in [0.5, 0.6) is 17.2 Å². The van der Waals surface area contributed by atoms with E-state index in [1.165, 1.54) is 5.39 Å². The summed E-state index contributed by atoms with van der Waals surface area (Å²) >= 11 is 0. The lowest BCUT2D eigenvalue weighted by atomic mass is 9.94. The van der Waals surface area contributed by atoms with Crippen molar-refractivity contribution < 1.29 is 18.6 Å². The minimum Gasteiger partial charge on any atom is -0.497 e. The number of pyridine rings is 2. The molecule has 5 aromatic rings. The van der Waals surface area contributed by atoms with Crippen LogP contribution < -0.4 is 18.6 Å². The number of methoxy groups -OCH3 is 3. The van der Waals surface area contributed by atoms with Crippen molar-refractivity contribution in [2.24, 2.45) is 0 Å². The molecule has 2 aromatic heterocycles. The van der Waals surface area contributed by atoms with Gasteiger partial charge < -0.3 is 14.2 Å². The molecule has 0 radical (unpaired) electrons. The van der Waals surface area contributed by atoms with Gasteiger partial charge in [0, 0.05) is 18.4 Å². The van der Waals surface area contributed by atoms with E-state index in [4.69, 9.17) is 14.2 Å². The van der Waals surface area contributed by atoms with Crippen LogP contribution in [0.3, 0.4) is 0 Å². The first-order valence-corrected chi connectivity index (χ1v) is 10.2. The summed E-state index contributed by atoms with van der Waals surface area (Å²) in [6.45, 7) is 2.14. The summed E-state index contributed by atoms with van der Waals surface area (Å²) in [6.07, 6.45) is 2.13. The number of aromatic nitrogens is 1. The molecule has 154 valence electrons. The largest absolute Gasteiger partial charge is 0.497 e. The molecule has 0 saturated heterocycles. The molecule has 4 heteroatoms. The van der Waals surface area contributed by atoms with E-state index in [1.807, 2.05) is 12.1 Å². The number of hydrogen-bond donors (Lipinski definition) is 0. The third kappa shape index (κ3) is 2.95. The summed E-state index contributed by atoms with van der Waals surface area (Å²) in [5, 5.41) is 4.56. The number of hydrogen-bond acceptors (Lipinski definition) is 3. The molecule has 0 saturated carbocycles. The van der Waals surface area contributed by atoms with E-state index in [2.05, 4.69) is 72.1 Å². The Balaban J connectivity index is 2.05. The van der Waals surface area contributed by atoms with Gasteiger partial charge in [0.1, 0.15) is 5.75 Å². The molecule has 0 bridgehead atoms. The Hall–Kier alpha value is -3.79. The number of benzene rings is 3. The summed E-state index contributed by atoms with van der Waals surface area (Å²) in [5.41, 5.74) is 4.62. The van der Waals surface area contributed by atoms with Crippen LogP contribution in [0.25, 0.3) is 38.2 Å². The molecule has 0 fully saturated rings. The number of rotatable bonds is 4. The second-order valence-corrected chi connectivity index (χ2v) is 7.57. The van der Waals surface area contributed by atoms with Gasteiger partial charge in [-0.2, -0.15) is 4.40 Å². The second-order valence-electron chi connectivity index (χ2n) is 7.57. The first kappa shape index (κ1) is 19.2. The van der Waals surface area contributed by atoms with Crippen LogP contribution in [-0.4, -0.2) is 21.3 Å². The van der Waals surface area contributed by atoms with Crippen molar-refractivity contribution in [2.45, 2.75) is 6.92 Å². The maximum absolute atomic E-state index is 5.66. The Morgan fingerprint density at radius 2 is 1.39 bits per heavy atom. The van der Waals surface area contributed by atoms with Crippen LogP contribution >= 0.6 is 0 Å². The molecular weight excluding hydrogens is 386 g/mol. The van der Waals surface area contributed by atoms with Crippen LogP contribution in [0.4, 0.5) is 0 Å². The lowest BCUT2D eigenvalue weighted by Crippen LogP contribution is -2.26. The van der Waals surface area contributed by atoms with Gasteiger partial charge in [-0.05, 0) is 41.3 Å². The van der Waals surface area contributed by atoms with E-state index in [-0.39, 0.29) is 0 Å². The summed E-state index contributed by atoms with van der Waals surface area (Å²) in [7, 11) is 5.05. The Kier molecular flexibility index (Phi) is 4.63. The van der Waals surface area contributed by atoms with E-state index >= 15 is 0 Å². The molecule has 3 aromatic carbocycles. The zero-order chi connectivity index (χ0) is 21.5. The number of fused-ring (bicyclic) bond motifs is 4. The third-order valence-electron chi connectivity index (χ3n) is 6.00. The van der Waals surface area contributed by atoms with Crippen LogP contribution in [0.1, 0.15) is 5.69 Å². The van der Waals surface area contributed by atoms with E-state index in [1.54, 1.807) is 21.3 Å². The van der Waals surface area contributed by atoms with Crippen molar-refractivity contribution in [3.63, 3.8) is 0 Å². The van der Waals surface area contributed by atoms with Crippen molar-refractivity contribution in [2.75, 3.05) is 21.3 Å². The van der Waals surface area contributed by atoms with Gasteiger partial charge in [-0.1, -0.05) is 30.3 Å². The van der Waals surface area contributed by atoms with E-state index < -0.39 is 0 Å².